The largest absolute Gasteiger partial charge is 0.371 e. The zero-order chi connectivity index (χ0) is 8.10. The van der Waals surface area contributed by atoms with Crippen LogP contribution < -0.4 is 0 Å². The lowest BCUT2D eigenvalue weighted by molar-refractivity contribution is -0.114. The van der Waals surface area contributed by atoms with E-state index in [1.54, 1.807) is 0 Å². The SMILES string of the molecule is CC1CCC(OCC=O)CC1. The average molecular weight is 156 g/mol. The van der Waals surface area contributed by atoms with Crippen LogP contribution in [0.3, 0.4) is 0 Å². The molecule has 0 aromatic rings. The molecule has 0 atom stereocenters. The highest BCUT2D eigenvalue weighted by Gasteiger charge is 2.17. The fourth-order valence-electron chi connectivity index (χ4n) is 1.57. The van der Waals surface area contributed by atoms with Crippen LogP contribution in [0.2, 0.25) is 0 Å². The molecule has 2 heteroatoms. The van der Waals surface area contributed by atoms with Gasteiger partial charge in [0.25, 0.3) is 0 Å². The number of hydrogen-bond donors (Lipinski definition) is 0. The zero-order valence-electron chi connectivity index (χ0n) is 7.08. The van der Waals surface area contributed by atoms with Gasteiger partial charge in [0.2, 0.25) is 0 Å². The van der Waals surface area contributed by atoms with E-state index in [0.29, 0.717) is 6.10 Å². The van der Waals surface area contributed by atoms with Crippen molar-refractivity contribution in [3.8, 4) is 0 Å². The molecule has 1 aliphatic rings. The van der Waals surface area contributed by atoms with Crippen LogP contribution in [-0.4, -0.2) is 19.0 Å². The molecular formula is C9H16O2. The Balaban J connectivity index is 2.12. The summed E-state index contributed by atoms with van der Waals surface area (Å²) >= 11 is 0. The van der Waals surface area contributed by atoms with E-state index in [2.05, 4.69) is 6.92 Å². The van der Waals surface area contributed by atoms with Crippen LogP contribution >= 0.6 is 0 Å². The van der Waals surface area contributed by atoms with Crippen LogP contribution in [0.4, 0.5) is 0 Å². The van der Waals surface area contributed by atoms with Crippen molar-refractivity contribution in [2.45, 2.75) is 38.7 Å². The van der Waals surface area contributed by atoms with Crippen molar-refractivity contribution >= 4 is 6.29 Å². The van der Waals surface area contributed by atoms with Crippen molar-refractivity contribution in [2.24, 2.45) is 5.92 Å². The van der Waals surface area contributed by atoms with E-state index < -0.39 is 0 Å². The first-order valence-electron chi connectivity index (χ1n) is 4.38. The van der Waals surface area contributed by atoms with Gasteiger partial charge in [-0.2, -0.15) is 0 Å². The molecule has 0 aromatic heterocycles. The lowest BCUT2D eigenvalue weighted by Crippen LogP contribution is -2.21. The molecule has 0 radical (unpaired) electrons. The number of aldehydes is 1. The van der Waals surface area contributed by atoms with E-state index >= 15 is 0 Å². The van der Waals surface area contributed by atoms with Gasteiger partial charge in [0.15, 0.2) is 0 Å². The fraction of sp³-hybridized carbons (Fsp3) is 0.889. The minimum Gasteiger partial charge on any atom is -0.371 e. The summed E-state index contributed by atoms with van der Waals surface area (Å²) in [5.74, 6) is 0.853. The van der Waals surface area contributed by atoms with E-state index in [4.69, 9.17) is 4.74 Å². The summed E-state index contributed by atoms with van der Waals surface area (Å²) in [6.07, 6.45) is 5.96. The Kier molecular flexibility index (Phi) is 3.57. The smallest absolute Gasteiger partial charge is 0.145 e. The maximum absolute atomic E-state index is 9.99. The molecule has 0 spiro atoms. The number of ether oxygens (including phenoxy) is 1. The van der Waals surface area contributed by atoms with Gasteiger partial charge in [-0.3, -0.25) is 0 Å². The van der Waals surface area contributed by atoms with E-state index in [1.165, 1.54) is 12.8 Å². The van der Waals surface area contributed by atoms with Crippen molar-refractivity contribution < 1.29 is 9.53 Å². The second kappa shape index (κ2) is 4.50. The summed E-state index contributed by atoms with van der Waals surface area (Å²) in [6.45, 7) is 2.55. The van der Waals surface area contributed by atoms with Crippen molar-refractivity contribution in [3.05, 3.63) is 0 Å². The highest BCUT2D eigenvalue weighted by Crippen LogP contribution is 2.25. The quantitative estimate of drug-likeness (QED) is 0.582. The van der Waals surface area contributed by atoms with Crippen molar-refractivity contribution in [2.75, 3.05) is 6.61 Å². The molecule has 1 saturated carbocycles. The third kappa shape index (κ3) is 3.02. The monoisotopic (exact) mass is 156 g/mol. The van der Waals surface area contributed by atoms with E-state index in [9.17, 15) is 4.79 Å². The third-order valence-electron chi connectivity index (χ3n) is 2.36. The van der Waals surface area contributed by atoms with Crippen molar-refractivity contribution in [1.29, 1.82) is 0 Å². The summed E-state index contributed by atoms with van der Waals surface area (Å²) in [7, 11) is 0. The van der Waals surface area contributed by atoms with Crippen LogP contribution in [0.5, 0.6) is 0 Å². The molecule has 0 saturated heterocycles. The molecule has 0 bridgehead atoms. The van der Waals surface area contributed by atoms with Gasteiger partial charge in [0.05, 0.1) is 6.10 Å². The second-order valence-electron chi connectivity index (χ2n) is 3.38. The molecule has 0 amide bonds. The Morgan fingerprint density at radius 3 is 2.55 bits per heavy atom. The van der Waals surface area contributed by atoms with Gasteiger partial charge < -0.3 is 9.53 Å². The minimum absolute atomic E-state index is 0.277. The first-order chi connectivity index (χ1) is 5.33. The predicted molar refractivity (Wildman–Crippen MR) is 43.4 cm³/mol. The standard InChI is InChI=1S/C9H16O2/c1-8-2-4-9(5-3-8)11-7-6-10/h6,8-9H,2-5,7H2,1H3. The van der Waals surface area contributed by atoms with E-state index in [1.807, 2.05) is 0 Å². The van der Waals surface area contributed by atoms with Gasteiger partial charge in [0, 0.05) is 0 Å². The molecule has 64 valence electrons. The highest BCUT2D eigenvalue weighted by molar-refractivity contribution is 5.50. The van der Waals surface area contributed by atoms with Crippen LogP contribution in [-0.2, 0) is 9.53 Å². The van der Waals surface area contributed by atoms with Gasteiger partial charge in [-0.25, -0.2) is 0 Å². The Bertz CT molecular complexity index is 115. The zero-order valence-corrected chi connectivity index (χ0v) is 7.08. The summed E-state index contributed by atoms with van der Waals surface area (Å²) in [5, 5.41) is 0. The molecule has 1 rings (SSSR count). The third-order valence-corrected chi connectivity index (χ3v) is 2.36. The van der Waals surface area contributed by atoms with Crippen LogP contribution in [0.15, 0.2) is 0 Å². The number of hydrogen-bond acceptors (Lipinski definition) is 2. The summed E-state index contributed by atoms with van der Waals surface area (Å²) in [5.41, 5.74) is 0. The first-order valence-corrected chi connectivity index (χ1v) is 4.38. The molecule has 0 N–H and O–H groups in total. The second-order valence-corrected chi connectivity index (χ2v) is 3.38. The van der Waals surface area contributed by atoms with Crippen molar-refractivity contribution in [1.82, 2.24) is 0 Å². The van der Waals surface area contributed by atoms with Gasteiger partial charge in [0.1, 0.15) is 12.9 Å². The summed E-state index contributed by atoms with van der Waals surface area (Å²) in [4.78, 5) is 9.99. The van der Waals surface area contributed by atoms with Crippen LogP contribution in [0, 0.1) is 5.92 Å². The van der Waals surface area contributed by atoms with Gasteiger partial charge >= 0.3 is 0 Å². The number of rotatable bonds is 3. The van der Waals surface area contributed by atoms with Gasteiger partial charge in [-0.1, -0.05) is 6.92 Å². The summed E-state index contributed by atoms with van der Waals surface area (Å²) < 4.78 is 5.31. The Morgan fingerprint density at radius 2 is 2.00 bits per heavy atom. The fourth-order valence-corrected chi connectivity index (χ4v) is 1.57. The van der Waals surface area contributed by atoms with Crippen LogP contribution in [0.1, 0.15) is 32.6 Å². The Morgan fingerprint density at radius 1 is 1.36 bits per heavy atom. The molecule has 11 heavy (non-hydrogen) atoms. The molecule has 0 heterocycles. The number of carbonyl (C=O) groups is 1. The molecule has 1 fully saturated rings. The first kappa shape index (κ1) is 8.72. The van der Waals surface area contributed by atoms with E-state index in [-0.39, 0.29) is 6.61 Å². The maximum atomic E-state index is 9.99. The highest BCUT2D eigenvalue weighted by atomic mass is 16.5. The van der Waals surface area contributed by atoms with Gasteiger partial charge in [-0.05, 0) is 31.6 Å². The average Bonchev–Trinajstić information content (AvgIpc) is 2.04. The lowest BCUT2D eigenvalue weighted by Gasteiger charge is -2.25. The number of carbonyl (C=O) groups excluding carboxylic acids is 1. The topological polar surface area (TPSA) is 26.3 Å². The molecule has 0 aromatic carbocycles. The summed E-state index contributed by atoms with van der Waals surface area (Å²) in [6, 6.07) is 0. The molecule has 0 unspecified atom stereocenters. The minimum atomic E-state index is 0.277. The molecule has 2 nitrogen and oxygen atoms in total. The molecular weight excluding hydrogens is 140 g/mol. The molecule has 0 aliphatic heterocycles. The molecule has 1 aliphatic carbocycles. The van der Waals surface area contributed by atoms with Crippen molar-refractivity contribution in [3.63, 3.8) is 0 Å². The van der Waals surface area contributed by atoms with Gasteiger partial charge in [-0.15, -0.1) is 0 Å². The lowest BCUT2D eigenvalue weighted by atomic mass is 9.89. The van der Waals surface area contributed by atoms with E-state index in [0.717, 1.165) is 25.0 Å². The van der Waals surface area contributed by atoms with Crippen LogP contribution in [0.25, 0.3) is 0 Å². The Hall–Kier alpha value is -0.370. The normalized spacial score (nSPS) is 31.7. The maximum Gasteiger partial charge on any atom is 0.145 e. The Labute approximate surface area is 67.9 Å². The predicted octanol–water partition coefficient (Wildman–Crippen LogP) is 1.78.